The molecule has 96 valence electrons. The molecule has 2 atom stereocenters. The third-order valence-electron chi connectivity index (χ3n) is 3.60. The molecule has 0 saturated carbocycles. The minimum atomic E-state index is 0.507. The molecule has 1 fully saturated rings. The molecule has 3 nitrogen and oxygen atoms in total. The van der Waals surface area contributed by atoms with Gasteiger partial charge in [0, 0.05) is 5.38 Å². The van der Waals surface area contributed by atoms with Crippen LogP contribution in [0.3, 0.4) is 0 Å². The van der Waals surface area contributed by atoms with E-state index in [9.17, 15) is 0 Å². The average molecular weight is 253 g/mol. The lowest BCUT2D eigenvalue weighted by molar-refractivity contribution is 0.117. The first-order chi connectivity index (χ1) is 8.22. The summed E-state index contributed by atoms with van der Waals surface area (Å²) < 4.78 is 0. The minimum Gasteiger partial charge on any atom is -0.317 e. The van der Waals surface area contributed by atoms with Gasteiger partial charge in [0.25, 0.3) is 0 Å². The van der Waals surface area contributed by atoms with Gasteiger partial charge in [0.15, 0.2) is 0 Å². The third kappa shape index (κ3) is 3.06. The Morgan fingerprint density at radius 2 is 2.41 bits per heavy atom. The van der Waals surface area contributed by atoms with E-state index < -0.39 is 0 Å². The van der Waals surface area contributed by atoms with Crippen molar-refractivity contribution in [1.29, 1.82) is 0 Å². The van der Waals surface area contributed by atoms with E-state index in [-0.39, 0.29) is 0 Å². The molecule has 0 bridgehead atoms. The summed E-state index contributed by atoms with van der Waals surface area (Å²) in [4.78, 5) is 7.16. The second-order valence-corrected chi connectivity index (χ2v) is 5.99. The molecule has 17 heavy (non-hydrogen) atoms. The van der Waals surface area contributed by atoms with Crippen molar-refractivity contribution < 1.29 is 0 Å². The SMILES string of the molecule is CCNCC1CCCN(C)C1c1csc(C)n1. The van der Waals surface area contributed by atoms with Crippen molar-refractivity contribution in [3.63, 3.8) is 0 Å². The third-order valence-corrected chi connectivity index (χ3v) is 4.40. The average Bonchev–Trinajstić information content (AvgIpc) is 2.73. The maximum absolute atomic E-state index is 4.69. The van der Waals surface area contributed by atoms with E-state index in [1.165, 1.54) is 30.1 Å². The molecular weight excluding hydrogens is 230 g/mol. The molecule has 2 heterocycles. The Morgan fingerprint density at radius 1 is 1.59 bits per heavy atom. The molecule has 2 rings (SSSR count). The van der Waals surface area contributed by atoms with E-state index in [1.807, 2.05) is 0 Å². The first-order valence-electron chi connectivity index (χ1n) is 6.55. The summed E-state index contributed by atoms with van der Waals surface area (Å²) in [7, 11) is 2.23. The van der Waals surface area contributed by atoms with Crippen LogP contribution in [0.2, 0.25) is 0 Å². The number of nitrogens with zero attached hydrogens (tertiary/aromatic N) is 2. The number of hydrogen-bond donors (Lipinski definition) is 1. The highest BCUT2D eigenvalue weighted by Gasteiger charge is 2.31. The summed E-state index contributed by atoms with van der Waals surface area (Å²) in [5.74, 6) is 0.704. The number of aryl methyl sites for hydroxylation is 1. The Balaban J connectivity index is 2.12. The summed E-state index contributed by atoms with van der Waals surface area (Å²) in [6, 6.07) is 0.507. The molecule has 0 spiro atoms. The molecule has 4 heteroatoms. The zero-order valence-corrected chi connectivity index (χ0v) is 11.9. The molecule has 1 aromatic rings. The summed E-state index contributed by atoms with van der Waals surface area (Å²) in [6.07, 6.45) is 2.63. The van der Waals surface area contributed by atoms with Crippen molar-refractivity contribution in [2.45, 2.75) is 32.7 Å². The van der Waals surface area contributed by atoms with Gasteiger partial charge in [0.1, 0.15) is 0 Å². The number of thiazole rings is 1. The molecule has 2 unspecified atom stereocenters. The van der Waals surface area contributed by atoms with E-state index in [4.69, 9.17) is 4.98 Å². The van der Waals surface area contributed by atoms with E-state index >= 15 is 0 Å². The van der Waals surface area contributed by atoms with Crippen LogP contribution < -0.4 is 5.32 Å². The van der Waals surface area contributed by atoms with E-state index in [2.05, 4.69) is 36.5 Å². The normalized spacial score (nSPS) is 26.3. The summed E-state index contributed by atoms with van der Waals surface area (Å²) in [5, 5.41) is 6.91. The largest absolute Gasteiger partial charge is 0.317 e. The van der Waals surface area contributed by atoms with Crippen molar-refractivity contribution in [3.8, 4) is 0 Å². The van der Waals surface area contributed by atoms with Gasteiger partial charge in [-0.1, -0.05) is 6.92 Å². The van der Waals surface area contributed by atoms with Crippen LogP contribution in [0.25, 0.3) is 0 Å². The molecule has 0 aliphatic carbocycles. The van der Waals surface area contributed by atoms with Gasteiger partial charge in [-0.15, -0.1) is 11.3 Å². The lowest BCUT2D eigenvalue weighted by atomic mass is 9.87. The topological polar surface area (TPSA) is 28.2 Å². The molecule has 1 aliphatic rings. The highest BCUT2D eigenvalue weighted by atomic mass is 32.1. The molecular formula is C13H23N3S. The highest BCUT2D eigenvalue weighted by molar-refractivity contribution is 7.09. The lowest BCUT2D eigenvalue weighted by Crippen LogP contribution is -2.40. The van der Waals surface area contributed by atoms with Crippen LogP contribution in [0.15, 0.2) is 5.38 Å². The van der Waals surface area contributed by atoms with Crippen LogP contribution in [0.5, 0.6) is 0 Å². The van der Waals surface area contributed by atoms with Crippen molar-refractivity contribution >= 4 is 11.3 Å². The maximum Gasteiger partial charge on any atom is 0.0898 e. The Morgan fingerprint density at radius 3 is 3.06 bits per heavy atom. The monoisotopic (exact) mass is 253 g/mol. The Hall–Kier alpha value is -0.450. The van der Waals surface area contributed by atoms with Crippen LogP contribution >= 0.6 is 11.3 Å². The number of piperidine rings is 1. The molecule has 0 amide bonds. The first kappa shape index (κ1) is 13.0. The van der Waals surface area contributed by atoms with Gasteiger partial charge in [-0.05, 0) is 52.4 Å². The predicted octanol–water partition coefficient (Wildman–Crippen LogP) is 2.44. The Bertz CT molecular complexity index is 350. The molecule has 1 aromatic heterocycles. The smallest absolute Gasteiger partial charge is 0.0898 e. The maximum atomic E-state index is 4.69. The molecule has 1 saturated heterocycles. The second kappa shape index (κ2) is 5.94. The summed E-state index contributed by atoms with van der Waals surface area (Å²) in [6.45, 7) is 7.64. The van der Waals surface area contributed by atoms with Crippen LogP contribution in [-0.2, 0) is 0 Å². The molecule has 1 N–H and O–H groups in total. The van der Waals surface area contributed by atoms with Crippen LogP contribution in [0, 0.1) is 12.8 Å². The van der Waals surface area contributed by atoms with Gasteiger partial charge >= 0.3 is 0 Å². The van der Waals surface area contributed by atoms with Gasteiger partial charge < -0.3 is 5.32 Å². The fourth-order valence-electron chi connectivity index (χ4n) is 2.79. The highest BCUT2D eigenvalue weighted by Crippen LogP contribution is 2.34. The number of likely N-dealkylation sites (tertiary alicyclic amines) is 1. The Labute approximate surface area is 108 Å². The standard InChI is InChI=1S/C13H23N3S/c1-4-14-8-11-6-5-7-16(3)13(11)12-9-17-10(2)15-12/h9,11,13-14H,4-8H2,1-3H3. The quantitative estimate of drug-likeness (QED) is 0.893. The zero-order chi connectivity index (χ0) is 12.3. The lowest BCUT2D eigenvalue weighted by Gasteiger charge is -2.38. The van der Waals surface area contributed by atoms with E-state index in [0.717, 1.165) is 13.1 Å². The van der Waals surface area contributed by atoms with Gasteiger partial charge in [0.05, 0.1) is 16.7 Å². The second-order valence-electron chi connectivity index (χ2n) is 4.93. The van der Waals surface area contributed by atoms with E-state index in [1.54, 1.807) is 11.3 Å². The van der Waals surface area contributed by atoms with Crippen LogP contribution in [0.4, 0.5) is 0 Å². The van der Waals surface area contributed by atoms with Gasteiger partial charge in [-0.3, -0.25) is 4.90 Å². The number of aromatic nitrogens is 1. The fourth-order valence-corrected chi connectivity index (χ4v) is 3.43. The predicted molar refractivity (Wildman–Crippen MR) is 73.5 cm³/mol. The summed E-state index contributed by atoms with van der Waals surface area (Å²) in [5.41, 5.74) is 1.28. The number of hydrogen-bond acceptors (Lipinski definition) is 4. The van der Waals surface area contributed by atoms with Crippen molar-refractivity contribution in [1.82, 2.24) is 15.2 Å². The van der Waals surface area contributed by atoms with Gasteiger partial charge in [-0.2, -0.15) is 0 Å². The number of nitrogens with one attached hydrogen (secondary N) is 1. The van der Waals surface area contributed by atoms with Crippen LogP contribution in [-0.4, -0.2) is 36.6 Å². The summed E-state index contributed by atoms with van der Waals surface area (Å²) >= 11 is 1.77. The van der Waals surface area contributed by atoms with Crippen molar-refractivity contribution in [2.24, 2.45) is 5.92 Å². The fraction of sp³-hybridized carbons (Fsp3) is 0.769. The molecule has 0 radical (unpaired) electrons. The molecule has 0 aromatic carbocycles. The van der Waals surface area contributed by atoms with Crippen LogP contribution in [0.1, 0.15) is 36.5 Å². The van der Waals surface area contributed by atoms with Gasteiger partial charge in [0.2, 0.25) is 0 Å². The first-order valence-corrected chi connectivity index (χ1v) is 7.43. The van der Waals surface area contributed by atoms with E-state index in [0.29, 0.717) is 12.0 Å². The molecule has 1 aliphatic heterocycles. The van der Waals surface area contributed by atoms with Crippen molar-refractivity contribution in [3.05, 3.63) is 16.1 Å². The minimum absolute atomic E-state index is 0.507. The Kier molecular flexibility index (Phi) is 4.54. The van der Waals surface area contributed by atoms with Crippen molar-refractivity contribution in [2.75, 3.05) is 26.7 Å². The zero-order valence-electron chi connectivity index (χ0n) is 11.1. The number of rotatable bonds is 4. The van der Waals surface area contributed by atoms with Gasteiger partial charge in [-0.25, -0.2) is 4.98 Å².